The van der Waals surface area contributed by atoms with Gasteiger partial charge in [0.2, 0.25) is 0 Å². The van der Waals surface area contributed by atoms with Gasteiger partial charge < -0.3 is 20.9 Å². The Bertz CT molecular complexity index is 131. The van der Waals surface area contributed by atoms with Crippen molar-refractivity contribution >= 4 is 25.8 Å². The zero-order valence-corrected chi connectivity index (χ0v) is 12.6. The second-order valence-corrected chi connectivity index (χ2v) is 3.60. The number of hydrogen-bond donors (Lipinski definition) is 0. The molecule has 5 heteroatoms. The number of aliphatic carboxylic acids is 1. The Morgan fingerprint density at radius 2 is 1.25 bits per heavy atom. The fourth-order valence-electron chi connectivity index (χ4n) is 1.40. The van der Waals surface area contributed by atoms with Crippen molar-refractivity contribution in [3.8, 4) is 0 Å². The van der Waals surface area contributed by atoms with E-state index in [0.29, 0.717) is 0 Å². The number of carboxylic acid groups (broad SMARTS) is 1. The molecule has 0 aromatic rings. The molecule has 0 aromatic heterocycles. The maximum Gasteiger partial charge on any atom is 3.00 e. The molecule has 0 aliphatic carbocycles. The van der Waals surface area contributed by atoms with Gasteiger partial charge in [-0.1, -0.05) is 51.9 Å². The molecule has 4 nitrogen and oxygen atoms in total. The first kappa shape index (κ1) is 25.0. The molecule has 0 heterocycles. The summed E-state index contributed by atoms with van der Waals surface area (Å²) in [7, 11) is 0. The molecule has 0 saturated heterocycles. The third kappa shape index (κ3) is 23.7. The zero-order valence-electron chi connectivity index (χ0n) is 10.2. The zero-order chi connectivity index (χ0) is 9.94. The minimum atomic E-state index is -0.911. The van der Waals surface area contributed by atoms with Gasteiger partial charge >= 0.3 is 19.8 Å². The van der Waals surface area contributed by atoms with Crippen LogP contribution in [0.5, 0.6) is 0 Å². The third-order valence-electron chi connectivity index (χ3n) is 2.23. The van der Waals surface area contributed by atoms with E-state index in [-0.39, 0.29) is 37.2 Å². The van der Waals surface area contributed by atoms with Crippen LogP contribution in [0.2, 0.25) is 0 Å². The summed E-state index contributed by atoms with van der Waals surface area (Å²) < 4.78 is 0. The monoisotopic (exact) mass is 288 g/mol. The van der Waals surface area contributed by atoms with E-state index in [4.69, 9.17) is 0 Å². The average Bonchev–Trinajstić information content (AvgIpc) is 2.09. The first-order valence-corrected chi connectivity index (χ1v) is 5.47. The van der Waals surface area contributed by atoms with Crippen molar-refractivity contribution < 1.29 is 20.9 Å². The van der Waals surface area contributed by atoms with Crippen LogP contribution in [0.15, 0.2) is 0 Å². The summed E-state index contributed by atoms with van der Waals surface area (Å²) in [6.45, 7) is 2.21. The van der Waals surface area contributed by atoms with Gasteiger partial charge in [-0.25, -0.2) is 0 Å². The van der Waals surface area contributed by atoms with Gasteiger partial charge in [-0.3, -0.25) is 0 Å². The van der Waals surface area contributed by atoms with Crippen molar-refractivity contribution in [3.63, 3.8) is 0 Å². The van der Waals surface area contributed by atoms with Crippen LogP contribution in [0.25, 0.3) is 0 Å². The first-order valence-electron chi connectivity index (χ1n) is 5.47. The normalized spacial score (nSPS) is 8.31. The second-order valence-electron chi connectivity index (χ2n) is 3.60. The first-order chi connectivity index (χ1) is 6.27. The maximum absolute atomic E-state index is 10.1. The van der Waals surface area contributed by atoms with Crippen LogP contribution in [-0.2, 0) is 4.79 Å². The Kier molecular flexibility index (Phi) is 32.0. The average molecular weight is 289 g/mol. The van der Waals surface area contributed by atoms with Crippen molar-refractivity contribution in [2.24, 2.45) is 0 Å². The minimum absolute atomic E-state index is 0. The number of carbonyl (C=O) groups is 1. The van der Waals surface area contributed by atoms with Gasteiger partial charge in [-0.05, 0) is 12.8 Å². The molecule has 0 aliphatic heterocycles. The van der Waals surface area contributed by atoms with Crippen LogP contribution >= 0.6 is 0 Å². The summed E-state index contributed by atoms with van der Waals surface area (Å²) in [6, 6.07) is 0. The smallest absolute Gasteiger partial charge is 0.870 e. The van der Waals surface area contributed by atoms with E-state index in [9.17, 15) is 9.90 Å². The van der Waals surface area contributed by atoms with E-state index < -0.39 is 5.97 Å². The van der Waals surface area contributed by atoms with E-state index in [1.165, 1.54) is 38.5 Å². The largest absolute Gasteiger partial charge is 3.00 e. The minimum Gasteiger partial charge on any atom is -0.870 e. The molecule has 0 saturated carbocycles. The molecule has 0 spiro atoms. The number of rotatable bonds is 9. The van der Waals surface area contributed by atoms with Crippen molar-refractivity contribution in [1.82, 2.24) is 0 Å². The third-order valence-corrected chi connectivity index (χ3v) is 2.23. The maximum atomic E-state index is 10.1. The standard InChI is InChI=1S/C11H22O2.Ga.2H2O/c1-2-3-4-5-6-7-8-9-10-11(12)13;;;/h2-10H2,1H3,(H,12,13);;2*1H2/q;+3;;/p-3. The Morgan fingerprint density at radius 1 is 0.875 bits per heavy atom. The molecule has 0 aromatic carbocycles. The van der Waals surface area contributed by atoms with Gasteiger partial charge in [0.25, 0.3) is 0 Å². The predicted molar refractivity (Wildman–Crippen MR) is 61.9 cm³/mol. The van der Waals surface area contributed by atoms with Crippen molar-refractivity contribution in [2.45, 2.75) is 64.7 Å². The quantitative estimate of drug-likeness (QED) is 0.474. The van der Waals surface area contributed by atoms with Crippen molar-refractivity contribution in [3.05, 3.63) is 0 Å². The summed E-state index contributed by atoms with van der Waals surface area (Å²) >= 11 is 0. The van der Waals surface area contributed by atoms with E-state index in [2.05, 4.69) is 6.92 Å². The topological polar surface area (TPSA) is 100 Å². The van der Waals surface area contributed by atoms with E-state index in [1.807, 2.05) is 0 Å². The number of unbranched alkanes of at least 4 members (excludes halogenated alkanes) is 7. The van der Waals surface area contributed by atoms with Crippen molar-refractivity contribution in [1.29, 1.82) is 0 Å². The van der Waals surface area contributed by atoms with Crippen LogP contribution in [0, 0.1) is 0 Å². The predicted octanol–water partition coefficient (Wildman–Crippen LogP) is 1.53. The van der Waals surface area contributed by atoms with Gasteiger partial charge in [-0.2, -0.15) is 0 Å². The Balaban J connectivity index is -0.000000240. The summed E-state index contributed by atoms with van der Waals surface area (Å²) in [6.07, 6.45) is 9.75. The molecular weight excluding hydrogens is 266 g/mol. The number of carboxylic acids is 1. The molecule has 0 amide bonds. The summed E-state index contributed by atoms with van der Waals surface area (Å²) in [4.78, 5) is 10.1. The van der Waals surface area contributed by atoms with Crippen LogP contribution in [0.3, 0.4) is 0 Å². The van der Waals surface area contributed by atoms with Gasteiger partial charge in [0.15, 0.2) is 0 Å². The van der Waals surface area contributed by atoms with Gasteiger partial charge in [-0.15, -0.1) is 0 Å². The Labute approximate surface area is 111 Å². The number of carbonyl (C=O) groups excluding carboxylic acids is 1. The van der Waals surface area contributed by atoms with Gasteiger partial charge in [0, 0.05) is 5.97 Å². The SMILES string of the molecule is CCCCCCCCCCC(=O)[O-].[Ga+3].[OH-].[OH-]. The van der Waals surface area contributed by atoms with Crippen LogP contribution in [-0.4, -0.2) is 36.7 Å². The van der Waals surface area contributed by atoms with E-state index >= 15 is 0 Å². The summed E-state index contributed by atoms with van der Waals surface area (Å²) in [5.41, 5.74) is 0. The molecule has 2 N–H and O–H groups in total. The van der Waals surface area contributed by atoms with E-state index in [1.54, 1.807) is 0 Å². The molecule has 0 rings (SSSR count). The summed E-state index contributed by atoms with van der Waals surface area (Å²) in [5.74, 6) is -0.911. The molecule has 0 bridgehead atoms. The molecule has 94 valence electrons. The molecule has 0 aliphatic rings. The van der Waals surface area contributed by atoms with Crippen LogP contribution < -0.4 is 5.11 Å². The Hall–Kier alpha value is 0.0264. The van der Waals surface area contributed by atoms with Gasteiger partial charge in [0.1, 0.15) is 0 Å². The fourth-order valence-corrected chi connectivity index (χ4v) is 1.40. The molecule has 16 heavy (non-hydrogen) atoms. The summed E-state index contributed by atoms with van der Waals surface area (Å²) in [5, 5.41) is 10.1. The molecule has 0 radical (unpaired) electrons. The van der Waals surface area contributed by atoms with Crippen LogP contribution in [0.4, 0.5) is 0 Å². The molecule has 0 unspecified atom stereocenters. The fraction of sp³-hybridized carbons (Fsp3) is 0.909. The van der Waals surface area contributed by atoms with Crippen molar-refractivity contribution in [2.75, 3.05) is 0 Å². The van der Waals surface area contributed by atoms with E-state index in [0.717, 1.165) is 12.8 Å². The van der Waals surface area contributed by atoms with Gasteiger partial charge in [0.05, 0.1) is 0 Å². The Morgan fingerprint density at radius 3 is 1.62 bits per heavy atom. The molecular formula is C11H23GaO4. The molecule has 0 fully saturated rings. The molecule has 0 atom stereocenters. The number of hydrogen-bond acceptors (Lipinski definition) is 4. The van der Waals surface area contributed by atoms with Crippen LogP contribution in [0.1, 0.15) is 64.7 Å². The second kappa shape index (κ2) is 20.4.